The predicted octanol–water partition coefficient (Wildman–Crippen LogP) is 2.66. The molecule has 42 valence electrons. The Labute approximate surface area is 80.5 Å². The van der Waals surface area contributed by atoms with Gasteiger partial charge in [-0.05, 0) is 39.9 Å². The van der Waals surface area contributed by atoms with Crippen LogP contribution in [0.2, 0.25) is 0 Å². The zero-order valence-electron chi connectivity index (χ0n) is 6.65. The first kappa shape index (κ1) is 8.95. The fraction of sp³-hybridized carbons (Fsp3) is 0.200. The van der Waals surface area contributed by atoms with Crippen molar-refractivity contribution < 1.29 is 2.85 Å². The summed E-state index contributed by atoms with van der Waals surface area (Å²) in [5, 5.41) is 2.07. The van der Waals surface area contributed by atoms with Crippen molar-refractivity contribution in [3.05, 3.63) is 20.8 Å². The molecule has 0 spiro atoms. The van der Waals surface area contributed by atoms with Crippen molar-refractivity contribution in [3.8, 4) is 0 Å². The third kappa shape index (κ3) is 2.05. The van der Waals surface area contributed by atoms with E-state index in [4.69, 9.17) is 0 Å². The second-order valence-corrected chi connectivity index (χ2v) is 3.61. The number of hydrogen-bond acceptors (Lipinski definition) is 1. The van der Waals surface area contributed by atoms with Gasteiger partial charge in [0.05, 0.1) is 3.79 Å². The first-order valence-corrected chi connectivity index (χ1v) is 3.67. The number of thiophene rings is 1. The number of rotatable bonds is 0. The zero-order valence-corrected chi connectivity index (χ0v) is 8.46. The summed E-state index contributed by atoms with van der Waals surface area (Å²) < 4.78 is 1.24. The van der Waals surface area contributed by atoms with Crippen LogP contribution in [0.1, 0.15) is 8.42 Å². The molecule has 1 aromatic heterocycles. The maximum Gasteiger partial charge on any atom is 2.00 e. The van der Waals surface area contributed by atoms with Crippen LogP contribution in [0, 0.1) is 6.92 Å². The van der Waals surface area contributed by atoms with Gasteiger partial charge < -0.3 is 2.85 Å². The molecule has 0 unspecified atom stereocenters. The van der Waals surface area contributed by atoms with Crippen molar-refractivity contribution in [3.63, 3.8) is 0 Å². The van der Waals surface area contributed by atoms with Gasteiger partial charge in [0, 0.05) is 0 Å². The molecular weight excluding hydrogens is 196 g/mol. The average molecular weight is 203 g/mol. The fourth-order valence-electron chi connectivity index (χ4n) is 0.354. The molecule has 0 aliphatic carbocycles. The monoisotopic (exact) mass is 202 g/mol. The SMILES string of the molecule is Cc1ccsc1Br.[H-].[H-].[Mg+2]. The molecule has 0 aliphatic heterocycles. The third-order valence-electron chi connectivity index (χ3n) is 0.800. The second kappa shape index (κ2) is 3.88. The summed E-state index contributed by atoms with van der Waals surface area (Å²) in [4.78, 5) is 0. The van der Waals surface area contributed by atoms with E-state index in [0.717, 1.165) is 0 Å². The van der Waals surface area contributed by atoms with Gasteiger partial charge in [-0.1, -0.05) is 0 Å². The third-order valence-corrected chi connectivity index (χ3v) is 2.79. The molecule has 0 saturated carbocycles. The molecule has 1 aromatic rings. The Hall–Kier alpha value is 0.946. The van der Waals surface area contributed by atoms with Gasteiger partial charge in [-0.3, -0.25) is 0 Å². The molecule has 8 heavy (non-hydrogen) atoms. The Morgan fingerprint density at radius 3 is 2.50 bits per heavy atom. The molecule has 0 atom stereocenters. The molecule has 3 heteroatoms. The van der Waals surface area contributed by atoms with Crippen LogP contribution in [0.4, 0.5) is 0 Å². The van der Waals surface area contributed by atoms with E-state index in [9.17, 15) is 0 Å². The van der Waals surface area contributed by atoms with Crippen molar-refractivity contribution in [2.24, 2.45) is 0 Å². The molecular formula is C5H7BrMgS. The van der Waals surface area contributed by atoms with Gasteiger partial charge in [0.1, 0.15) is 0 Å². The van der Waals surface area contributed by atoms with Crippen LogP contribution in [0.25, 0.3) is 0 Å². The van der Waals surface area contributed by atoms with Crippen LogP contribution in [0.5, 0.6) is 0 Å². The molecule has 1 heterocycles. The van der Waals surface area contributed by atoms with E-state index in [-0.39, 0.29) is 25.9 Å². The standard InChI is InChI=1S/C5H5BrS.Mg.2H/c1-4-2-3-7-5(4)6;;;/h2-3H,1H3;;;/q;+2;2*-1. The number of aryl methyl sites for hydroxylation is 1. The minimum absolute atomic E-state index is 0. The Bertz CT molecular complexity index is 152. The van der Waals surface area contributed by atoms with Gasteiger partial charge in [-0.2, -0.15) is 0 Å². The number of hydrogen-bond donors (Lipinski definition) is 0. The van der Waals surface area contributed by atoms with E-state index in [0.29, 0.717) is 0 Å². The molecule has 0 nitrogen and oxygen atoms in total. The van der Waals surface area contributed by atoms with Crippen LogP contribution in [-0.2, 0) is 0 Å². The van der Waals surface area contributed by atoms with Crippen LogP contribution >= 0.6 is 27.3 Å². The smallest absolute Gasteiger partial charge is 1.00 e. The molecule has 0 fully saturated rings. The largest absolute Gasteiger partial charge is 2.00 e. The van der Waals surface area contributed by atoms with Gasteiger partial charge in [0.25, 0.3) is 0 Å². The van der Waals surface area contributed by atoms with Crippen LogP contribution in [-0.4, -0.2) is 23.1 Å². The molecule has 0 N–H and O–H groups in total. The van der Waals surface area contributed by atoms with Crippen LogP contribution in [0.15, 0.2) is 15.2 Å². The minimum atomic E-state index is 0. The summed E-state index contributed by atoms with van der Waals surface area (Å²) >= 11 is 5.10. The second-order valence-electron chi connectivity index (χ2n) is 1.38. The summed E-state index contributed by atoms with van der Waals surface area (Å²) in [7, 11) is 0. The summed E-state index contributed by atoms with van der Waals surface area (Å²) in [5.74, 6) is 0. The zero-order chi connectivity index (χ0) is 5.28. The van der Waals surface area contributed by atoms with Gasteiger partial charge >= 0.3 is 23.1 Å². The molecule has 0 aromatic carbocycles. The van der Waals surface area contributed by atoms with Crippen molar-refractivity contribution in [2.45, 2.75) is 6.92 Å². The van der Waals surface area contributed by atoms with E-state index in [1.54, 1.807) is 11.3 Å². The molecule has 1 rings (SSSR count). The van der Waals surface area contributed by atoms with E-state index >= 15 is 0 Å². The van der Waals surface area contributed by atoms with Gasteiger partial charge in [-0.25, -0.2) is 0 Å². The van der Waals surface area contributed by atoms with E-state index in [1.165, 1.54) is 9.35 Å². The Morgan fingerprint density at radius 2 is 2.38 bits per heavy atom. The summed E-state index contributed by atoms with van der Waals surface area (Å²) in [6, 6.07) is 2.09. The Kier molecular flexibility index (Phi) is 4.33. The summed E-state index contributed by atoms with van der Waals surface area (Å²) in [5.41, 5.74) is 1.32. The Balaban J connectivity index is -0.000000163. The van der Waals surface area contributed by atoms with Crippen molar-refractivity contribution in [1.82, 2.24) is 0 Å². The predicted molar refractivity (Wildman–Crippen MR) is 44.7 cm³/mol. The van der Waals surface area contributed by atoms with E-state index < -0.39 is 0 Å². The topological polar surface area (TPSA) is 0 Å². The van der Waals surface area contributed by atoms with Crippen LogP contribution in [0.3, 0.4) is 0 Å². The molecule has 0 aliphatic rings. The van der Waals surface area contributed by atoms with E-state index in [2.05, 4.69) is 34.3 Å². The fourth-order valence-corrected chi connectivity index (χ4v) is 1.46. The van der Waals surface area contributed by atoms with E-state index in [1.807, 2.05) is 0 Å². The minimum Gasteiger partial charge on any atom is -1.00 e. The maximum atomic E-state index is 3.38. The Morgan fingerprint density at radius 1 is 1.75 bits per heavy atom. The number of halogens is 1. The molecule has 0 saturated heterocycles. The summed E-state index contributed by atoms with van der Waals surface area (Å²) in [6.07, 6.45) is 0. The quantitative estimate of drug-likeness (QED) is 0.569. The first-order chi connectivity index (χ1) is 3.30. The molecule has 0 radical (unpaired) electrons. The van der Waals surface area contributed by atoms with Crippen molar-refractivity contribution in [1.29, 1.82) is 0 Å². The van der Waals surface area contributed by atoms with Gasteiger partial charge in [0.15, 0.2) is 0 Å². The average Bonchev–Trinajstić information content (AvgIpc) is 1.91. The normalized spacial score (nSPS) is 8.25. The first-order valence-electron chi connectivity index (χ1n) is 2.00. The summed E-state index contributed by atoms with van der Waals surface area (Å²) in [6.45, 7) is 2.08. The van der Waals surface area contributed by atoms with Crippen LogP contribution < -0.4 is 0 Å². The van der Waals surface area contributed by atoms with Gasteiger partial charge in [0.2, 0.25) is 0 Å². The van der Waals surface area contributed by atoms with Crippen molar-refractivity contribution >= 4 is 50.3 Å². The maximum absolute atomic E-state index is 3.38. The molecule has 0 amide bonds. The van der Waals surface area contributed by atoms with Gasteiger partial charge in [-0.15, -0.1) is 11.3 Å². The van der Waals surface area contributed by atoms with Crippen molar-refractivity contribution in [2.75, 3.05) is 0 Å². The molecule has 0 bridgehead atoms.